The first-order valence-corrected chi connectivity index (χ1v) is 11.4. The molecule has 1 aromatic heterocycles. The maximum absolute atomic E-state index is 5.52. The average molecular weight is 400 g/mol. The number of hydrogen-bond donors (Lipinski definition) is 0. The van der Waals surface area contributed by atoms with E-state index in [2.05, 4.69) is 43.7 Å². The van der Waals surface area contributed by atoms with Crippen LogP contribution in [0.15, 0.2) is 35.0 Å². The van der Waals surface area contributed by atoms with Gasteiger partial charge in [-0.15, -0.1) is 0 Å². The minimum absolute atomic E-state index is 0.349. The molecule has 5 rings (SSSR count). The molecule has 1 aromatic carbocycles. The fourth-order valence-electron chi connectivity index (χ4n) is 4.70. The van der Waals surface area contributed by atoms with Crippen molar-refractivity contribution in [1.29, 1.82) is 0 Å². The molecule has 0 bridgehead atoms. The molecule has 2 fully saturated rings. The summed E-state index contributed by atoms with van der Waals surface area (Å²) in [5, 5.41) is 4.48. The number of ether oxygens (including phenoxy) is 2. The van der Waals surface area contributed by atoms with Crippen LogP contribution in [-0.2, 0) is 13.1 Å². The van der Waals surface area contributed by atoms with E-state index in [0.717, 1.165) is 43.7 Å². The zero-order valence-corrected chi connectivity index (χ0v) is 17.2. The second-order valence-corrected chi connectivity index (χ2v) is 8.94. The number of fused-ring (bicyclic) bond motifs is 1. The van der Waals surface area contributed by atoms with Crippen LogP contribution in [0.1, 0.15) is 24.0 Å². The summed E-state index contributed by atoms with van der Waals surface area (Å²) in [6.07, 6.45) is 2.68. The molecule has 2 aromatic rings. The van der Waals surface area contributed by atoms with Gasteiger partial charge in [0.05, 0.1) is 0 Å². The van der Waals surface area contributed by atoms with Crippen molar-refractivity contribution in [3.05, 3.63) is 46.2 Å². The van der Waals surface area contributed by atoms with Crippen molar-refractivity contribution in [2.75, 3.05) is 46.1 Å². The molecule has 150 valence electrons. The zero-order chi connectivity index (χ0) is 18.8. The standard InChI is InChI=1S/C22H29N3O2S/c1-2-20(15-24(6-1)14-19-5-11-28-16-19)25-9-7-23(8-10-25)13-18-3-4-21-22(12-18)27-17-26-21/h3-5,11-12,16,20H,1-2,6-10,13-15,17H2. The number of nitrogens with zero attached hydrogens (tertiary/aromatic N) is 3. The molecule has 0 amide bonds. The summed E-state index contributed by atoms with van der Waals surface area (Å²) in [7, 11) is 0. The average Bonchev–Trinajstić information content (AvgIpc) is 3.40. The zero-order valence-electron chi connectivity index (χ0n) is 16.4. The number of hydrogen-bond acceptors (Lipinski definition) is 6. The second-order valence-electron chi connectivity index (χ2n) is 8.16. The Morgan fingerprint density at radius 3 is 2.61 bits per heavy atom. The van der Waals surface area contributed by atoms with Crippen LogP contribution in [0, 0.1) is 0 Å². The molecule has 0 radical (unpaired) electrons. The molecular weight excluding hydrogens is 370 g/mol. The summed E-state index contributed by atoms with van der Waals surface area (Å²) >= 11 is 1.81. The summed E-state index contributed by atoms with van der Waals surface area (Å²) in [6.45, 7) is 9.59. The van der Waals surface area contributed by atoms with Gasteiger partial charge in [-0.2, -0.15) is 11.3 Å². The molecule has 2 saturated heterocycles. The third kappa shape index (κ3) is 4.20. The highest BCUT2D eigenvalue weighted by Gasteiger charge is 2.28. The Bertz CT molecular complexity index is 774. The lowest BCUT2D eigenvalue weighted by Gasteiger charge is -2.43. The molecule has 0 N–H and O–H groups in total. The molecule has 1 atom stereocenters. The number of piperidine rings is 1. The Morgan fingerprint density at radius 2 is 1.75 bits per heavy atom. The fourth-order valence-corrected chi connectivity index (χ4v) is 5.36. The Labute approximate surface area is 171 Å². The van der Waals surface area contributed by atoms with E-state index < -0.39 is 0 Å². The molecule has 0 aliphatic carbocycles. The summed E-state index contributed by atoms with van der Waals surface area (Å²) < 4.78 is 10.9. The number of piperazine rings is 1. The van der Waals surface area contributed by atoms with E-state index in [1.165, 1.54) is 50.1 Å². The molecule has 5 nitrogen and oxygen atoms in total. The SMILES string of the molecule is c1cc(CN2CCCC(N3CCN(Cc4ccc5c(c4)OCO5)CC3)C2)cs1. The van der Waals surface area contributed by atoms with E-state index in [4.69, 9.17) is 9.47 Å². The van der Waals surface area contributed by atoms with Crippen LogP contribution < -0.4 is 9.47 Å². The Hall–Kier alpha value is -1.60. The van der Waals surface area contributed by atoms with Crippen LogP contribution in [0.2, 0.25) is 0 Å². The minimum atomic E-state index is 0.349. The van der Waals surface area contributed by atoms with Gasteiger partial charge in [-0.05, 0) is 59.5 Å². The van der Waals surface area contributed by atoms with Crippen LogP contribution in [0.25, 0.3) is 0 Å². The van der Waals surface area contributed by atoms with Crippen molar-refractivity contribution in [3.8, 4) is 11.5 Å². The largest absolute Gasteiger partial charge is 0.454 e. The first-order chi connectivity index (χ1) is 13.8. The van der Waals surface area contributed by atoms with Gasteiger partial charge in [0.2, 0.25) is 6.79 Å². The van der Waals surface area contributed by atoms with Gasteiger partial charge in [0.1, 0.15) is 0 Å². The predicted octanol–water partition coefficient (Wildman–Crippen LogP) is 3.26. The highest BCUT2D eigenvalue weighted by molar-refractivity contribution is 7.07. The normalized spacial score (nSPS) is 23.9. The lowest BCUT2D eigenvalue weighted by molar-refractivity contribution is 0.0477. The lowest BCUT2D eigenvalue weighted by Crippen LogP contribution is -2.54. The maximum Gasteiger partial charge on any atom is 0.231 e. The molecule has 3 aliphatic heterocycles. The van der Waals surface area contributed by atoms with Crippen molar-refractivity contribution in [2.45, 2.75) is 32.0 Å². The molecule has 3 aliphatic rings. The van der Waals surface area contributed by atoms with E-state index in [-0.39, 0.29) is 0 Å². The van der Waals surface area contributed by atoms with E-state index in [1.807, 2.05) is 6.07 Å². The molecule has 0 saturated carbocycles. The van der Waals surface area contributed by atoms with Gasteiger partial charge in [0, 0.05) is 51.9 Å². The van der Waals surface area contributed by atoms with Crippen LogP contribution in [0.3, 0.4) is 0 Å². The van der Waals surface area contributed by atoms with Gasteiger partial charge in [0.25, 0.3) is 0 Å². The van der Waals surface area contributed by atoms with Gasteiger partial charge in [-0.25, -0.2) is 0 Å². The van der Waals surface area contributed by atoms with Crippen molar-refractivity contribution < 1.29 is 9.47 Å². The Balaban J connectivity index is 1.11. The van der Waals surface area contributed by atoms with Crippen LogP contribution in [-0.4, -0.2) is 66.8 Å². The Kier molecular flexibility index (Phi) is 5.54. The molecule has 4 heterocycles. The van der Waals surface area contributed by atoms with Crippen molar-refractivity contribution >= 4 is 11.3 Å². The third-order valence-corrected chi connectivity index (χ3v) is 6.97. The van der Waals surface area contributed by atoms with Gasteiger partial charge in [0.15, 0.2) is 11.5 Å². The molecule has 6 heteroatoms. The summed E-state index contributed by atoms with van der Waals surface area (Å²) in [5.74, 6) is 1.77. The number of benzene rings is 1. The smallest absolute Gasteiger partial charge is 0.231 e. The topological polar surface area (TPSA) is 28.2 Å². The lowest BCUT2D eigenvalue weighted by atomic mass is 10.0. The van der Waals surface area contributed by atoms with Crippen molar-refractivity contribution in [2.24, 2.45) is 0 Å². The van der Waals surface area contributed by atoms with Crippen LogP contribution >= 0.6 is 11.3 Å². The molecule has 28 heavy (non-hydrogen) atoms. The van der Waals surface area contributed by atoms with E-state index in [1.54, 1.807) is 11.3 Å². The summed E-state index contributed by atoms with van der Waals surface area (Å²) in [4.78, 5) is 7.95. The first-order valence-electron chi connectivity index (χ1n) is 10.4. The summed E-state index contributed by atoms with van der Waals surface area (Å²) in [6, 6.07) is 9.34. The quantitative estimate of drug-likeness (QED) is 0.770. The van der Waals surface area contributed by atoms with Gasteiger partial charge >= 0.3 is 0 Å². The molecule has 0 spiro atoms. The van der Waals surface area contributed by atoms with Gasteiger partial charge in [-0.1, -0.05) is 6.07 Å². The van der Waals surface area contributed by atoms with Gasteiger partial charge < -0.3 is 9.47 Å². The molecule has 1 unspecified atom stereocenters. The van der Waals surface area contributed by atoms with Crippen LogP contribution in [0.4, 0.5) is 0 Å². The van der Waals surface area contributed by atoms with E-state index in [9.17, 15) is 0 Å². The predicted molar refractivity (Wildman–Crippen MR) is 112 cm³/mol. The molecular formula is C22H29N3O2S. The van der Waals surface area contributed by atoms with Crippen molar-refractivity contribution in [1.82, 2.24) is 14.7 Å². The highest BCUT2D eigenvalue weighted by Crippen LogP contribution is 2.33. The summed E-state index contributed by atoms with van der Waals surface area (Å²) in [5.41, 5.74) is 2.79. The third-order valence-electron chi connectivity index (χ3n) is 6.23. The number of thiophene rings is 1. The van der Waals surface area contributed by atoms with E-state index in [0.29, 0.717) is 6.79 Å². The highest BCUT2D eigenvalue weighted by atomic mass is 32.1. The Morgan fingerprint density at radius 1 is 0.893 bits per heavy atom. The van der Waals surface area contributed by atoms with Crippen molar-refractivity contribution in [3.63, 3.8) is 0 Å². The first kappa shape index (κ1) is 18.4. The van der Waals surface area contributed by atoms with Crippen LogP contribution in [0.5, 0.6) is 11.5 Å². The number of likely N-dealkylation sites (tertiary alicyclic amines) is 1. The fraction of sp³-hybridized carbons (Fsp3) is 0.545. The maximum atomic E-state index is 5.52. The number of rotatable bonds is 5. The monoisotopic (exact) mass is 399 g/mol. The second kappa shape index (κ2) is 8.41. The van der Waals surface area contributed by atoms with Gasteiger partial charge in [-0.3, -0.25) is 14.7 Å². The van der Waals surface area contributed by atoms with E-state index >= 15 is 0 Å². The minimum Gasteiger partial charge on any atom is -0.454 e.